The fraction of sp³-hybridized carbons (Fsp3) is 0.409. The molecule has 1 N–H and O–H groups in total. The van der Waals surface area contributed by atoms with Gasteiger partial charge < -0.3 is 14.6 Å². The van der Waals surface area contributed by atoms with Gasteiger partial charge in [0.2, 0.25) is 5.95 Å². The molecule has 2 aromatic rings. The Morgan fingerprint density at radius 2 is 1.80 bits per heavy atom. The lowest BCUT2D eigenvalue weighted by molar-refractivity contribution is -0.141. The fourth-order valence-electron chi connectivity index (χ4n) is 3.17. The molecule has 0 unspecified atom stereocenters. The topological polar surface area (TPSA) is 89.0 Å². The molecule has 7 nitrogen and oxygen atoms in total. The Kier molecular flexibility index (Phi) is 9.73. The Morgan fingerprint density at radius 3 is 2.33 bits per heavy atom. The van der Waals surface area contributed by atoms with E-state index in [9.17, 15) is 14.0 Å². The molecule has 1 saturated carbocycles. The largest absolute Gasteiger partial charge is 0.480 e. The molecule has 30 heavy (non-hydrogen) atoms. The van der Waals surface area contributed by atoms with Crippen LogP contribution < -0.4 is 4.90 Å². The predicted octanol–water partition coefficient (Wildman–Crippen LogP) is 4.79. The lowest BCUT2D eigenvalue weighted by Crippen LogP contribution is -2.29. The van der Waals surface area contributed by atoms with Gasteiger partial charge in [0.15, 0.2) is 0 Å². The summed E-state index contributed by atoms with van der Waals surface area (Å²) in [6.07, 6.45) is 6.76. The van der Waals surface area contributed by atoms with Crippen LogP contribution in [0.25, 0.3) is 0 Å². The van der Waals surface area contributed by atoms with Gasteiger partial charge in [0, 0.05) is 7.11 Å². The highest BCUT2D eigenvalue weighted by Gasteiger charge is 2.22. The van der Waals surface area contributed by atoms with Crippen LogP contribution in [0.3, 0.4) is 0 Å². The molecule has 1 aromatic carbocycles. The maximum atomic E-state index is 13.1. The first-order valence-corrected chi connectivity index (χ1v) is 9.85. The lowest BCUT2D eigenvalue weighted by Gasteiger charge is -2.25. The molecule has 8 heteroatoms. The second kappa shape index (κ2) is 12.5. The number of para-hydroxylation sites is 1. The number of aliphatic carboxylic acids is 1. The number of carbonyl (C=O) groups is 2. The minimum atomic E-state index is -0.933. The summed E-state index contributed by atoms with van der Waals surface area (Å²) in [7, 11) is 1.34. The number of methoxy groups -OCH3 is 1. The van der Waals surface area contributed by atoms with Gasteiger partial charge in [0.25, 0.3) is 0 Å². The standard InChI is InChI=1S/C19H21FN2O2.C3H6O3/c20-18-12-11-17(13-21-18)22(16-9-5-2-6-10-16)19(23)24-14-15-7-3-1-4-8-15;1-6-2-3(4)5/h2,5-6,9-13,15H,1,3-4,7-8,14H2;2H2,1H3,(H,4,5). The average molecular weight is 418 g/mol. The molecule has 0 radical (unpaired) electrons. The summed E-state index contributed by atoms with van der Waals surface area (Å²) < 4.78 is 22.9. The number of benzene rings is 1. The molecule has 162 valence electrons. The van der Waals surface area contributed by atoms with Gasteiger partial charge in [0.05, 0.1) is 24.2 Å². The van der Waals surface area contributed by atoms with Gasteiger partial charge in [-0.2, -0.15) is 4.39 Å². The molecule has 0 aliphatic heterocycles. The molecule has 1 fully saturated rings. The molecule has 1 aliphatic carbocycles. The first kappa shape index (κ1) is 23.3. The van der Waals surface area contributed by atoms with E-state index < -0.39 is 18.0 Å². The van der Waals surface area contributed by atoms with E-state index in [-0.39, 0.29) is 6.61 Å². The molecule has 0 saturated heterocycles. The van der Waals surface area contributed by atoms with E-state index in [4.69, 9.17) is 9.84 Å². The van der Waals surface area contributed by atoms with Crippen molar-refractivity contribution in [3.8, 4) is 0 Å². The van der Waals surface area contributed by atoms with E-state index in [1.807, 2.05) is 30.3 Å². The number of carboxylic acids is 1. The van der Waals surface area contributed by atoms with Crippen LogP contribution in [0, 0.1) is 11.9 Å². The zero-order valence-electron chi connectivity index (χ0n) is 17.0. The van der Waals surface area contributed by atoms with Crippen molar-refractivity contribution in [2.45, 2.75) is 32.1 Å². The van der Waals surface area contributed by atoms with E-state index in [0.29, 0.717) is 23.9 Å². The molecule has 0 spiro atoms. The number of amides is 1. The van der Waals surface area contributed by atoms with Crippen molar-refractivity contribution >= 4 is 23.4 Å². The lowest BCUT2D eigenvalue weighted by atomic mass is 9.90. The number of carbonyl (C=O) groups excluding carboxylic acids is 1. The third kappa shape index (κ3) is 7.79. The number of hydrogen-bond donors (Lipinski definition) is 1. The van der Waals surface area contributed by atoms with E-state index in [1.165, 1.54) is 49.6 Å². The number of nitrogens with zero attached hydrogens (tertiary/aromatic N) is 2. The summed E-state index contributed by atoms with van der Waals surface area (Å²) in [5.74, 6) is -1.08. The summed E-state index contributed by atoms with van der Waals surface area (Å²) in [5.41, 5.74) is 1.15. The predicted molar refractivity (Wildman–Crippen MR) is 110 cm³/mol. The minimum absolute atomic E-state index is 0.208. The molecule has 1 amide bonds. The maximum Gasteiger partial charge on any atom is 0.419 e. The van der Waals surface area contributed by atoms with E-state index in [0.717, 1.165) is 12.8 Å². The Hall–Kier alpha value is -3.00. The second-order valence-electron chi connectivity index (χ2n) is 6.92. The van der Waals surface area contributed by atoms with Gasteiger partial charge in [-0.05, 0) is 43.0 Å². The fourth-order valence-corrected chi connectivity index (χ4v) is 3.17. The third-order valence-corrected chi connectivity index (χ3v) is 4.60. The Bertz CT molecular complexity index is 780. The average Bonchev–Trinajstić information content (AvgIpc) is 2.76. The number of hydrogen-bond acceptors (Lipinski definition) is 5. The highest BCUT2D eigenvalue weighted by atomic mass is 19.1. The molecular formula is C22H27FN2O5. The normalized spacial score (nSPS) is 13.7. The van der Waals surface area contributed by atoms with Crippen LogP contribution in [0.1, 0.15) is 32.1 Å². The minimum Gasteiger partial charge on any atom is -0.480 e. The van der Waals surface area contributed by atoms with E-state index >= 15 is 0 Å². The third-order valence-electron chi connectivity index (χ3n) is 4.60. The number of pyridine rings is 1. The van der Waals surface area contributed by atoms with Crippen molar-refractivity contribution in [1.29, 1.82) is 0 Å². The van der Waals surface area contributed by atoms with Gasteiger partial charge >= 0.3 is 12.1 Å². The van der Waals surface area contributed by atoms with Crippen molar-refractivity contribution in [1.82, 2.24) is 4.98 Å². The molecule has 0 atom stereocenters. The van der Waals surface area contributed by atoms with Crippen LogP contribution in [0.4, 0.5) is 20.6 Å². The molecule has 1 heterocycles. The van der Waals surface area contributed by atoms with Gasteiger partial charge in [0.1, 0.15) is 6.61 Å². The van der Waals surface area contributed by atoms with Crippen LogP contribution in [-0.4, -0.2) is 42.5 Å². The van der Waals surface area contributed by atoms with Gasteiger partial charge in [-0.25, -0.2) is 19.5 Å². The molecule has 1 aliphatic rings. The number of halogens is 1. The highest BCUT2D eigenvalue weighted by Crippen LogP contribution is 2.27. The van der Waals surface area contributed by atoms with Crippen LogP contribution in [0.2, 0.25) is 0 Å². The summed E-state index contributed by atoms with van der Waals surface area (Å²) in [6, 6.07) is 11.9. The smallest absolute Gasteiger partial charge is 0.419 e. The molecule has 0 bridgehead atoms. The van der Waals surface area contributed by atoms with E-state index in [1.54, 1.807) is 0 Å². The van der Waals surface area contributed by atoms with Crippen molar-refractivity contribution in [2.24, 2.45) is 5.92 Å². The monoisotopic (exact) mass is 418 g/mol. The number of aromatic nitrogens is 1. The summed E-state index contributed by atoms with van der Waals surface area (Å²) >= 11 is 0. The number of anilines is 2. The number of ether oxygens (including phenoxy) is 2. The first-order chi connectivity index (χ1) is 14.5. The molecular weight excluding hydrogens is 391 g/mol. The Morgan fingerprint density at radius 1 is 1.10 bits per heavy atom. The highest BCUT2D eigenvalue weighted by molar-refractivity contribution is 5.95. The zero-order chi connectivity index (χ0) is 21.8. The van der Waals surface area contributed by atoms with Gasteiger partial charge in [-0.15, -0.1) is 0 Å². The van der Waals surface area contributed by atoms with E-state index in [2.05, 4.69) is 9.72 Å². The molecule has 3 rings (SSSR count). The Labute approximate surface area is 175 Å². The molecule has 1 aromatic heterocycles. The van der Waals surface area contributed by atoms with Crippen molar-refractivity contribution in [2.75, 3.05) is 25.2 Å². The number of carboxylic acid groups (broad SMARTS) is 1. The summed E-state index contributed by atoms with van der Waals surface area (Å²) in [6.45, 7) is 0.219. The SMILES string of the molecule is COCC(=O)O.O=C(OCC1CCCCC1)N(c1ccccc1)c1ccc(F)nc1. The van der Waals surface area contributed by atoms with Gasteiger partial charge in [-0.3, -0.25) is 0 Å². The maximum absolute atomic E-state index is 13.1. The summed E-state index contributed by atoms with van der Waals surface area (Å²) in [5, 5.41) is 7.79. The first-order valence-electron chi connectivity index (χ1n) is 9.85. The summed E-state index contributed by atoms with van der Waals surface area (Å²) in [4.78, 5) is 27.2. The van der Waals surface area contributed by atoms with Crippen LogP contribution in [-0.2, 0) is 14.3 Å². The van der Waals surface area contributed by atoms with Crippen LogP contribution >= 0.6 is 0 Å². The van der Waals surface area contributed by atoms with Crippen LogP contribution in [0.15, 0.2) is 48.7 Å². The van der Waals surface area contributed by atoms with Crippen molar-refractivity contribution < 1.29 is 28.6 Å². The van der Waals surface area contributed by atoms with Crippen molar-refractivity contribution in [3.05, 3.63) is 54.6 Å². The quantitative estimate of drug-likeness (QED) is 0.679. The van der Waals surface area contributed by atoms with Crippen LogP contribution in [0.5, 0.6) is 0 Å². The number of rotatable bonds is 6. The second-order valence-corrected chi connectivity index (χ2v) is 6.92. The Balaban J connectivity index is 0.000000469. The van der Waals surface area contributed by atoms with Crippen molar-refractivity contribution in [3.63, 3.8) is 0 Å². The van der Waals surface area contributed by atoms with Gasteiger partial charge in [-0.1, -0.05) is 37.5 Å². The zero-order valence-corrected chi connectivity index (χ0v) is 17.0.